The zero-order valence-corrected chi connectivity index (χ0v) is 19.3. The summed E-state index contributed by atoms with van der Waals surface area (Å²) in [5.74, 6) is 1.03. The summed E-state index contributed by atoms with van der Waals surface area (Å²) in [4.78, 5) is 19.2. The third kappa shape index (κ3) is 4.16. The van der Waals surface area contributed by atoms with Crippen molar-refractivity contribution in [2.75, 3.05) is 0 Å². The molecule has 9 heteroatoms. The molecule has 0 bridgehead atoms. The number of thioether (sulfide) groups is 1. The molecule has 1 fully saturated rings. The second kappa shape index (κ2) is 8.76. The summed E-state index contributed by atoms with van der Waals surface area (Å²) in [7, 11) is 0. The van der Waals surface area contributed by atoms with Crippen molar-refractivity contribution in [1.82, 2.24) is 19.7 Å². The Labute approximate surface area is 192 Å². The van der Waals surface area contributed by atoms with Gasteiger partial charge in [0.25, 0.3) is 11.4 Å². The van der Waals surface area contributed by atoms with Gasteiger partial charge in [-0.25, -0.2) is 4.98 Å². The molecule has 31 heavy (non-hydrogen) atoms. The Hall–Kier alpha value is -2.16. The zero-order chi connectivity index (χ0) is 21.4. The minimum Gasteiger partial charge on any atom is -0.419 e. The molecule has 1 aliphatic rings. The molecule has 0 unspecified atom stereocenters. The van der Waals surface area contributed by atoms with Gasteiger partial charge >= 0.3 is 0 Å². The van der Waals surface area contributed by atoms with Crippen molar-refractivity contribution in [3.63, 3.8) is 0 Å². The van der Waals surface area contributed by atoms with Crippen LogP contribution in [0.5, 0.6) is 0 Å². The maximum Gasteiger partial charge on any atom is 0.262 e. The Balaban J connectivity index is 1.53. The van der Waals surface area contributed by atoms with Crippen LogP contribution in [0.4, 0.5) is 0 Å². The lowest BCUT2D eigenvalue weighted by atomic mass is 9.95. The number of hydrogen-bond donors (Lipinski definition) is 0. The molecule has 0 saturated heterocycles. The SMILES string of the molecule is C[C@@H](Sc1nc2cc(Cl)ccc2c(=O)n1C1CCCCC1)c1nnc(-c2cccs2)o1. The van der Waals surface area contributed by atoms with E-state index in [1.807, 2.05) is 29.0 Å². The number of benzene rings is 1. The fourth-order valence-electron chi connectivity index (χ4n) is 4.00. The van der Waals surface area contributed by atoms with E-state index in [-0.39, 0.29) is 16.9 Å². The van der Waals surface area contributed by atoms with Crippen molar-refractivity contribution >= 4 is 45.6 Å². The second-order valence-corrected chi connectivity index (χ2v) is 10.4. The molecule has 1 atom stereocenters. The molecule has 0 amide bonds. The minimum atomic E-state index is -0.153. The Morgan fingerprint density at radius 3 is 2.84 bits per heavy atom. The Bertz CT molecular complexity index is 1260. The van der Waals surface area contributed by atoms with Crippen LogP contribution in [0, 0.1) is 0 Å². The molecule has 0 aliphatic heterocycles. The number of fused-ring (bicyclic) bond motifs is 1. The molecule has 1 aromatic carbocycles. The van der Waals surface area contributed by atoms with Crippen LogP contribution in [0.15, 0.2) is 50.1 Å². The summed E-state index contributed by atoms with van der Waals surface area (Å²) in [6, 6.07) is 9.34. The van der Waals surface area contributed by atoms with E-state index >= 15 is 0 Å². The van der Waals surface area contributed by atoms with Gasteiger partial charge in [-0.3, -0.25) is 9.36 Å². The van der Waals surface area contributed by atoms with Crippen molar-refractivity contribution in [2.24, 2.45) is 0 Å². The normalized spacial score (nSPS) is 16.1. The van der Waals surface area contributed by atoms with Gasteiger partial charge < -0.3 is 4.42 Å². The van der Waals surface area contributed by atoms with Crippen molar-refractivity contribution in [3.8, 4) is 10.8 Å². The van der Waals surface area contributed by atoms with Crippen molar-refractivity contribution in [1.29, 1.82) is 0 Å². The largest absolute Gasteiger partial charge is 0.419 e. The van der Waals surface area contributed by atoms with Crippen LogP contribution < -0.4 is 5.56 Å². The maximum absolute atomic E-state index is 13.5. The van der Waals surface area contributed by atoms with Crippen molar-refractivity contribution < 1.29 is 4.42 Å². The highest BCUT2D eigenvalue weighted by molar-refractivity contribution is 7.99. The van der Waals surface area contributed by atoms with Crippen LogP contribution in [0.25, 0.3) is 21.7 Å². The average Bonchev–Trinajstić information content (AvgIpc) is 3.46. The van der Waals surface area contributed by atoms with Gasteiger partial charge in [-0.05, 0) is 49.4 Å². The monoisotopic (exact) mass is 472 g/mol. The first-order chi connectivity index (χ1) is 15.1. The van der Waals surface area contributed by atoms with Crippen LogP contribution in [0.1, 0.15) is 56.2 Å². The average molecular weight is 473 g/mol. The molecule has 0 N–H and O–H groups in total. The van der Waals surface area contributed by atoms with E-state index in [4.69, 9.17) is 21.0 Å². The lowest BCUT2D eigenvalue weighted by molar-refractivity contribution is 0.326. The van der Waals surface area contributed by atoms with E-state index in [0.29, 0.717) is 32.9 Å². The van der Waals surface area contributed by atoms with E-state index in [1.165, 1.54) is 18.2 Å². The number of hydrogen-bond acceptors (Lipinski definition) is 7. The van der Waals surface area contributed by atoms with Gasteiger partial charge in [-0.2, -0.15) is 0 Å². The number of thiophene rings is 1. The van der Waals surface area contributed by atoms with Crippen molar-refractivity contribution in [3.05, 3.63) is 57.0 Å². The molecular weight excluding hydrogens is 452 g/mol. The molecule has 0 spiro atoms. The third-order valence-corrected chi connectivity index (χ3v) is 7.72. The van der Waals surface area contributed by atoms with Gasteiger partial charge in [-0.15, -0.1) is 21.5 Å². The molecule has 3 heterocycles. The van der Waals surface area contributed by atoms with Gasteiger partial charge in [0.15, 0.2) is 5.16 Å². The molecule has 5 rings (SSSR count). The molecule has 6 nitrogen and oxygen atoms in total. The smallest absolute Gasteiger partial charge is 0.262 e. The van der Waals surface area contributed by atoms with Gasteiger partial charge in [0.1, 0.15) is 0 Å². The van der Waals surface area contributed by atoms with Gasteiger partial charge in [0.05, 0.1) is 21.0 Å². The summed E-state index contributed by atoms with van der Waals surface area (Å²) in [6.07, 6.45) is 5.46. The van der Waals surface area contributed by atoms with Gasteiger partial charge in [0.2, 0.25) is 5.89 Å². The summed E-state index contributed by atoms with van der Waals surface area (Å²) in [6.45, 7) is 2.00. The molecule has 4 aromatic rings. The number of halogens is 1. The highest BCUT2D eigenvalue weighted by Gasteiger charge is 2.25. The first kappa shape index (κ1) is 20.7. The van der Waals surface area contributed by atoms with Crippen molar-refractivity contribution in [2.45, 2.75) is 55.5 Å². The first-order valence-electron chi connectivity index (χ1n) is 10.4. The quantitative estimate of drug-likeness (QED) is 0.243. The Morgan fingerprint density at radius 1 is 1.23 bits per heavy atom. The van der Waals surface area contributed by atoms with E-state index in [2.05, 4.69) is 10.2 Å². The standard InChI is InChI=1S/C22H21ClN4O2S2/c1-13(19-25-26-20(29-19)18-8-5-11-30-18)31-22-24-17-12-14(23)9-10-16(17)21(28)27(22)15-6-3-2-4-7-15/h5,8-13,15H,2-4,6-7H2,1H3/t13-/m1/s1. The molecular formula is C22H21ClN4O2S2. The fraction of sp³-hybridized carbons (Fsp3) is 0.364. The van der Waals surface area contributed by atoms with Crippen LogP contribution in [0.3, 0.4) is 0 Å². The topological polar surface area (TPSA) is 73.8 Å². The Morgan fingerprint density at radius 2 is 2.06 bits per heavy atom. The van der Waals surface area contributed by atoms with Crippen LogP contribution in [-0.4, -0.2) is 19.7 Å². The molecule has 3 aromatic heterocycles. The van der Waals surface area contributed by atoms with E-state index in [0.717, 1.165) is 30.6 Å². The Kier molecular flexibility index (Phi) is 5.86. The first-order valence-corrected chi connectivity index (χ1v) is 12.5. The number of rotatable bonds is 5. The van der Waals surface area contributed by atoms with E-state index in [9.17, 15) is 4.79 Å². The lowest BCUT2D eigenvalue weighted by Crippen LogP contribution is -2.29. The van der Waals surface area contributed by atoms with E-state index in [1.54, 1.807) is 29.5 Å². The molecule has 160 valence electrons. The predicted octanol–water partition coefficient (Wildman–Crippen LogP) is 6.52. The number of nitrogens with zero attached hydrogens (tertiary/aromatic N) is 4. The molecule has 1 aliphatic carbocycles. The summed E-state index contributed by atoms with van der Waals surface area (Å²) < 4.78 is 7.80. The lowest BCUT2D eigenvalue weighted by Gasteiger charge is -2.26. The zero-order valence-electron chi connectivity index (χ0n) is 17.0. The summed E-state index contributed by atoms with van der Waals surface area (Å²) in [5.41, 5.74) is 0.608. The highest BCUT2D eigenvalue weighted by atomic mass is 35.5. The van der Waals surface area contributed by atoms with E-state index < -0.39 is 0 Å². The summed E-state index contributed by atoms with van der Waals surface area (Å²) in [5, 5.41) is 12.1. The van der Waals surface area contributed by atoms with Crippen LogP contribution >= 0.6 is 34.7 Å². The predicted molar refractivity (Wildman–Crippen MR) is 125 cm³/mol. The number of aromatic nitrogens is 4. The highest BCUT2D eigenvalue weighted by Crippen LogP contribution is 2.38. The summed E-state index contributed by atoms with van der Waals surface area (Å²) >= 11 is 9.21. The third-order valence-electron chi connectivity index (χ3n) is 5.57. The minimum absolute atomic E-state index is 0.00642. The maximum atomic E-state index is 13.5. The van der Waals surface area contributed by atoms with Crippen LogP contribution in [0.2, 0.25) is 5.02 Å². The fourth-order valence-corrected chi connectivity index (χ4v) is 5.82. The van der Waals surface area contributed by atoms with Crippen LogP contribution in [-0.2, 0) is 0 Å². The van der Waals surface area contributed by atoms with Gasteiger partial charge in [0, 0.05) is 11.1 Å². The second-order valence-electron chi connectivity index (χ2n) is 7.71. The molecule has 1 saturated carbocycles. The van der Waals surface area contributed by atoms with Gasteiger partial charge in [-0.1, -0.05) is 48.7 Å². The molecule has 0 radical (unpaired) electrons.